The number of anilines is 1. The van der Waals surface area contributed by atoms with Crippen LogP contribution in [0.3, 0.4) is 0 Å². The zero-order valence-corrected chi connectivity index (χ0v) is 20.7. The van der Waals surface area contributed by atoms with Crippen molar-refractivity contribution >= 4 is 21.6 Å². The summed E-state index contributed by atoms with van der Waals surface area (Å²) in [6.45, 7) is 10.1. The second-order valence-electron chi connectivity index (χ2n) is 9.10. The second-order valence-corrected chi connectivity index (χ2v) is 11.0. The van der Waals surface area contributed by atoms with Gasteiger partial charge in [-0.05, 0) is 48.1 Å². The summed E-state index contributed by atoms with van der Waals surface area (Å²) in [4.78, 5) is 12.8. The second kappa shape index (κ2) is 10.7. The minimum absolute atomic E-state index is 0.0815. The highest BCUT2D eigenvalue weighted by atomic mass is 32.2. The minimum Gasteiger partial charge on any atom is -0.492 e. The van der Waals surface area contributed by atoms with Crippen LogP contribution in [-0.4, -0.2) is 51.5 Å². The lowest BCUT2D eigenvalue weighted by Crippen LogP contribution is -2.40. The lowest BCUT2D eigenvalue weighted by Gasteiger charge is -2.26. The molecule has 1 saturated heterocycles. The zero-order chi connectivity index (χ0) is 24.1. The fourth-order valence-corrected chi connectivity index (χ4v) is 5.06. The van der Waals surface area contributed by atoms with Crippen molar-refractivity contribution in [2.24, 2.45) is 0 Å². The van der Waals surface area contributed by atoms with E-state index >= 15 is 0 Å². The van der Waals surface area contributed by atoms with E-state index in [2.05, 4.69) is 50.4 Å². The lowest BCUT2D eigenvalue weighted by atomic mass is 9.86. The number of morpholine rings is 1. The highest BCUT2D eigenvalue weighted by molar-refractivity contribution is 7.89. The van der Waals surface area contributed by atoms with Gasteiger partial charge in [-0.25, -0.2) is 8.42 Å². The number of benzene rings is 2. The standard InChI is InChI=1S/C25H34N2O5S/c1-5-32-23-12-11-21(33(29,30)27-14-16-31-17-15-27)18-22(23)26-24(28)13-8-19-6-9-20(10-7-19)25(2,3)4/h6-7,9-12,18H,5,8,13-17H2,1-4H3,(H,26,28). The van der Waals surface area contributed by atoms with E-state index < -0.39 is 10.0 Å². The third-order valence-corrected chi connectivity index (χ3v) is 7.49. The van der Waals surface area contributed by atoms with Gasteiger partial charge in [0.15, 0.2) is 0 Å². The number of nitrogens with zero attached hydrogens (tertiary/aromatic N) is 1. The molecule has 33 heavy (non-hydrogen) atoms. The molecule has 1 amide bonds. The Balaban J connectivity index is 1.71. The Morgan fingerprint density at radius 1 is 1.09 bits per heavy atom. The molecule has 0 atom stereocenters. The molecule has 0 bridgehead atoms. The first kappa shape index (κ1) is 25.2. The van der Waals surface area contributed by atoms with Crippen LogP contribution in [0.15, 0.2) is 47.4 Å². The summed E-state index contributed by atoms with van der Waals surface area (Å²) >= 11 is 0. The van der Waals surface area contributed by atoms with Crippen LogP contribution in [-0.2, 0) is 31.4 Å². The average Bonchev–Trinajstić information content (AvgIpc) is 2.79. The van der Waals surface area contributed by atoms with Crippen molar-refractivity contribution in [2.75, 3.05) is 38.2 Å². The summed E-state index contributed by atoms with van der Waals surface area (Å²) in [7, 11) is -3.68. The van der Waals surface area contributed by atoms with Gasteiger partial charge in [0.25, 0.3) is 0 Å². The largest absolute Gasteiger partial charge is 0.492 e. The summed E-state index contributed by atoms with van der Waals surface area (Å²) < 4.78 is 38.3. The number of nitrogens with one attached hydrogen (secondary N) is 1. The van der Waals surface area contributed by atoms with Gasteiger partial charge in [-0.15, -0.1) is 0 Å². The van der Waals surface area contributed by atoms with Crippen molar-refractivity contribution < 1.29 is 22.7 Å². The number of aryl methyl sites for hydroxylation is 1. The van der Waals surface area contributed by atoms with Gasteiger partial charge in [0, 0.05) is 19.5 Å². The van der Waals surface area contributed by atoms with E-state index in [0.717, 1.165) is 5.56 Å². The highest BCUT2D eigenvalue weighted by Gasteiger charge is 2.27. The Morgan fingerprint density at radius 2 is 1.76 bits per heavy atom. The number of hydrogen-bond donors (Lipinski definition) is 1. The van der Waals surface area contributed by atoms with Crippen molar-refractivity contribution in [1.82, 2.24) is 4.31 Å². The third-order valence-electron chi connectivity index (χ3n) is 5.59. The Morgan fingerprint density at radius 3 is 2.36 bits per heavy atom. The summed E-state index contributed by atoms with van der Waals surface area (Å²) in [6, 6.07) is 12.9. The van der Waals surface area contributed by atoms with Gasteiger partial charge >= 0.3 is 0 Å². The van der Waals surface area contributed by atoms with Crippen LogP contribution in [0.5, 0.6) is 5.75 Å². The van der Waals surface area contributed by atoms with E-state index in [1.165, 1.54) is 22.0 Å². The normalized spacial score (nSPS) is 15.3. The molecule has 180 valence electrons. The molecule has 0 spiro atoms. The van der Waals surface area contributed by atoms with Crippen molar-refractivity contribution in [3.05, 3.63) is 53.6 Å². The number of amides is 1. The Kier molecular flexibility index (Phi) is 8.15. The molecule has 1 aliphatic rings. The maximum absolute atomic E-state index is 13.0. The van der Waals surface area contributed by atoms with Gasteiger partial charge in [-0.1, -0.05) is 45.0 Å². The van der Waals surface area contributed by atoms with Crippen LogP contribution in [0, 0.1) is 0 Å². The monoisotopic (exact) mass is 474 g/mol. The van der Waals surface area contributed by atoms with Crippen molar-refractivity contribution in [1.29, 1.82) is 0 Å². The molecule has 0 saturated carbocycles. The van der Waals surface area contributed by atoms with E-state index in [9.17, 15) is 13.2 Å². The first-order valence-electron chi connectivity index (χ1n) is 11.4. The van der Waals surface area contributed by atoms with Gasteiger partial charge in [-0.3, -0.25) is 4.79 Å². The molecule has 0 aliphatic carbocycles. The van der Waals surface area contributed by atoms with Crippen LogP contribution in [0.1, 0.15) is 45.2 Å². The Bertz CT molecular complexity index is 1050. The molecule has 0 unspecified atom stereocenters. The Hall–Kier alpha value is -2.42. The van der Waals surface area contributed by atoms with Gasteiger partial charge in [-0.2, -0.15) is 4.31 Å². The number of rotatable bonds is 8. The molecule has 0 radical (unpaired) electrons. The van der Waals surface area contributed by atoms with Gasteiger partial charge in [0.05, 0.1) is 30.4 Å². The molecule has 2 aromatic rings. The van der Waals surface area contributed by atoms with Gasteiger partial charge in [0.1, 0.15) is 5.75 Å². The number of carbonyl (C=O) groups excluding carboxylic acids is 1. The fourth-order valence-electron chi connectivity index (χ4n) is 3.63. The van der Waals surface area contributed by atoms with Crippen LogP contribution in [0.2, 0.25) is 0 Å². The zero-order valence-electron chi connectivity index (χ0n) is 19.9. The maximum Gasteiger partial charge on any atom is 0.243 e. The van der Waals surface area contributed by atoms with Crippen LogP contribution < -0.4 is 10.1 Å². The predicted octanol–water partition coefficient (Wildman–Crippen LogP) is 3.98. The van der Waals surface area contributed by atoms with Crippen molar-refractivity contribution in [3.8, 4) is 5.75 Å². The molecule has 3 rings (SSSR count). The van der Waals surface area contributed by atoms with E-state index in [0.29, 0.717) is 50.8 Å². The van der Waals surface area contributed by atoms with E-state index in [1.54, 1.807) is 6.07 Å². The molecule has 2 aromatic carbocycles. The third kappa shape index (κ3) is 6.56. The van der Waals surface area contributed by atoms with E-state index in [-0.39, 0.29) is 22.6 Å². The molecule has 8 heteroatoms. The lowest BCUT2D eigenvalue weighted by molar-refractivity contribution is -0.116. The molecular formula is C25H34N2O5S. The number of carbonyl (C=O) groups is 1. The summed E-state index contributed by atoms with van der Waals surface area (Å²) in [6.07, 6.45) is 0.868. The van der Waals surface area contributed by atoms with Crippen molar-refractivity contribution in [2.45, 2.75) is 50.8 Å². The number of sulfonamides is 1. The number of hydrogen-bond acceptors (Lipinski definition) is 5. The van der Waals surface area contributed by atoms with Gasteiger partial charge in [0.2, 0.25) is 15.9 Å². The van der Waals surface area contributed by atoms with Crippen LogP contribution in [0.25, 0.3) is 0 Å². The van der Waals surface area contributed by atoms with Crippen molar-refractivity contribution in [3.63, 3.8) is 0 Å². The van der Waals surface area contributed by atoms with Crippen LogP contribution in [0.4, 0.5) is 5.69 Å². The topological polar surface area (TPSA) is 84.9 Å². The first-order valence-corrected chi connectivity index (χ1v) is 12.8. The Labute approximate surface area is 197 Å². The van der Waals surface area contributed by atoms with E-state index in [1.807, 2.05) is 6.92 Å². The average molecular weight is 475 g/mol. The molecule has 1 heterocycles. The highest BCUT2D eigenvalue weighted by Crippen LogP contribution is 2.30. The summed E-state index contributed by atoms with van der Waals surface area (Å²) in [5.74, 6) is 0.248. The SMILES string of the molecule is CCOc1ccc(S(=O)(=O)N2CCOCC2)cc1NC(=O)CCc1ccc(C(C)(C)C)cc1. The molecule has 1 N–H and O–H groups in total. The molecule has 1 fully saturated rings. The van der Waals surface area contributed by atoms with Gasteiger partial charge < -0.3 is 14.8 Å². The predicted molar refractivity (Wildman–Crippen MR) is 129 cm³/mol. The summed E-state index contributed by atoms with van der Waals surface area (Å²) in [5, 5.41) is 2.85. The molecular weight excluding hydrogens is 440 g/mol. The fraction of sp³-hybridized carbons (Fsp3) is 0.480. The molecule has 1 aliphatic heterocycles. The van der Waals surface area contributed by atoms with E-state index in [4.69, 9.17) is 9.47 Å². The summed E-state index contributed by atoms with van der Waals surface area (Å²) in [5.41, 5.74) is 2.76. The smallest absolute Gasteiger partial charge is 0.243 e. The molecule has 0 aromatic heterocycles. The number of ether oxygens (including phenoxy) is 2. The molecule has 7 nitrogen and oxygen atoms in total. The minimum atomic E-state index is -3.68. The maximum atomic E-state index is 13.0. The quantitative estimate of drug-likeness (QED) is 0.626. The first-order chi connectivity index (χ1) is 15.6. The van der Waals surface area contributed by atoms with Crippen LogP contribution >= 0.6 is 0 Å².